The summed E-state index contributed by atoms with van der Waals surface area (Å²) in [6.07, 6.45) is 8.67. The molecule has 0 bridgehead atoms. The van der Waals surface area contributed by atoms with Crippen molar-refractivity contribution in [3.8, 4) is 5.75 Å². The molecule has 5 nitrogen and oxygen atoms in total. The zero-order chi connectivity index (χ0) is 21.4. The maximum absolute atomic E-state index is 13.1. The van der Waals surface area contributed by atoms with Crippen molar-refractivity contribution in [2.75, 3.05) is 31.6 Å². The standard InChI is InChI=1S/C25H40N2O3/c1-4-17-30-25(14-7-8-20(2)19-25)24(28)26-22-10-12-23(13-11-22)29-18-16-27-15-6-5-9-21(27)3/h10-13,20-21H,4-9,14-19H2,1-3H3,(H,26,28). The van der Waals surface area contributed by atoms with E-state index in [2.05, 4.69) is 31.0 Å². The summed E-state index contributed by atoms with van der Waals surface area (Å²) in [5, 5.41) is 3.10. The molecular formula is C25H40N2O3. The summed E-state index contributed by atoms with van der Waals surface area (Å²) in [7, 11) is 0. The van der Waals surface area contributed by atoms with Crippen LogP contribution >= 0.6 is 0 Å². The molecule has 3 atom stereocenters. The van der Waals surface area contributed by atoms with Gasteiger partial charge in [0.05, 0.1) is 0 Å². The van der Waals surface area contributed by atoms with Crippen LogP contribution in [0.15, 0.2) is 24.3 Å². The van der Waals surface area contributed by atoms with Crippen molar-refractivity contribution in [3.05, 3.63) is 24.3 Å². The molecule has 3 rings (SSSR count). The van der Waals surface area contributed by atoms with E-state index in [-0.39, 0.29) is 5.91 Å². The molecule has 1 aromatic rings. The third kappa shape index (κ3) is 6.21. The van der Waals surface area contributed by atoms with Gasteiger partial charge >= 0.3 is 0 Å². The molecule has 2 aliphatic rings. The van der Waals surface area contributed by atoms with Crippen LogP contribution in [-0.4, -0.2) is 48.8 Å². The van der Waals surface area contributed by atoms with Crippen molar-refractivity contribution in [1.29, 1.82) is 0 Å². The molecule has 30 heavy (non-hydrogen) atoms. The van der Waals surface area contributed by atoms with Crippen LogP contribution in [0.5, 0.6) is 5.75 Å². The zero-order valence-electron chi connectivity index (χ0n) is 19.1. The minimum absolute atomic E-state index is 0.00439. The molecule has 3 unspecified atom stereocenters. The molecule has 1 amide bonds. The first-order chi connectivity index (χ1) is 14.5. The molecule has 0 radical (unpaired) electrons. The van der Waals surface area contributed by atoms with Crippen LogP contribution in [0.2, 0.25) is 0 Å². The number of rotatable bonds is 9. The molecule has 0 spiro atoms. The summed E-state index contributed by atoms with van der Waals surface area (Å²) in [4.78, 5) is 15.6. The highest BCUT2D eigenvalue weighted by molar-refractivity contribution is 5.97. The summed E-state index contributed by atoms with van der Waals surface area (Å²) in [5.41, 5.74) is 0.114. The number of carbonyl (C=O) groups excluding carboxylic acids is 1. The molecule has 1 aliphatic heterocycles. The number of ether oxygens (including phenoxy) is 2. The number of piperidine rings is 1. The summed E-state index contributed by atoms with van der Waals surface area (Å²) in [6.45, 7) is 10.1. The van der Waals surface area contributed by atoms with Crippen LogP contribution in [0.3, 0.4) is 0 Å². The number of likely N-dealkylation sites (tertiary alicyclic amines) is 1. The van der Waals surface area contributed by atoms with Gasteiger partial charge in [-0.25, -0.2) is 0 Å². The first kappa shape index (κ1) is 23.1. The number of carbonyl (C=O) groups is 1. The normalized spacial score (nSPS) is 27.6. The van der Waals surface area contributed by atoms with Crippen molar-refractivity contribution in [2.45, 2.75) is 83.8 Å². The lowest BCUT2D eigenvalue weighted by Gasteiger charge is -2.38. The second-order valence-corrected chi connectivity index (χ2v) is 9.25. The quantitative estimate of drug-likeness (QED) is 0.597. The summed E-state index contributed by atoms with van der Waals surface area (Å²) in [5.74, 6) is 1.36. The number of nitrogens with zero attached hydrogens (tertiary/aromatic N) is 1. The molecule has 1 N–H and O–H groups in total. The van der Waals surface area contributed by atoms with E-state index in [1.165, 1.54) is 32.2 Å². The van der Waals surface area contributed by atoms with Gasteiger partial charge in [0, 0.05) is 24.9 Å². The Hall–Kier alpha value is -1.59. The zero-order valence-corrected chi connectivity index (χ0v) is 19.1. The highest BCUT2D eigenvalue weighted by atomic mass is 16.5. The second kappa shape index (κ2) is 11.1. The van der Waals surface area contributed by atoms with E-state index in [0.717, 1.165) is 43.7 Å². The summed E-state index contributed by atoms with van der Waals surface area (Å²) >= 11 is 0. The van der Waals surface area contributed by atoms with Gasteiger partial charge in [-0.3, -0.25) is 9.69 Å². The van der Waals surface area contributed by atoms with E-state index in [1.807, 2.05) is 24.3 Å². The van der Waals surface area contributed by atoms with Gasteiger partial charge in [0.25, 0.3) is 5.91 Å². The third-order valence-electron chi connectivity index (χ3n) is 6.65. The Balaban J connectivity index is 1.51. The lowest BCUT2D eigenvalue weighted by molar-refractivity contribution is -0.148. The Bertz CT molecular complexity index is 663. The maximum Gasteiger partial charge on any atom is 0.256 e. The van der Waals surface area contributed by atoms with Crippen LogP contribution in [0, 0.1) is 5.92 Å². The monoisotopic (exact) mass is 416 g/mol. The van der Waals surface area contributed by atoms with E-state index >= 15 is 0 Å². The van der Waals surface area contributed by atoms with Crippen LogP contribution in [0.4, 0.5) is 5.69 Å². The minimum atomic E-state index is -0.687. The third-order valence-corrected chi connectivity index (χ3v) is 6.65. The fraction of sp³-hybridized carbons (Fsp3) is 0.720. The molecule has 1 saturated carbocycles. The Morgan fingerprint density at radius 1 is 1.13 bits per heavy atom. The van der Waals surface area contributed by atoms with Gasteiger partial charge < -0.3 is 14.8 Å². The molecule has 1 aliphatic carbocycles. The van der Waals surface area contributed by atoms with Crippen molar-refractivity contribution in [3.63, 3.8) is 0 Å². The van der Waals surface area contributed by atoms with E-state index < -0.39 is 5.60 Å². The van der Waals surface area contributed by atoms with Gasteiger partial charge in [-0.05, 0) is 82.2 Å². The van der Waals surface area contributed by atoms with Crippen LogP contribution < -0.4 is 10.1 Å². The lowest BCUT2D eigenvalue weighted by atomic mass is 9.78. The van der Waals surface area contributed by atoms with Crippen LogP contribution in [0.1, 0.15) is 72.1 Å². The Labute approximate surface area is 182 Å². The molecule has 5 heteroatoms. The highest BCUT2D eigenvalue weighted by Gasteiger charge is 2.42. The van der Waals surface area contributed by atoms with Crippen molar-refractivity contribution < 1.29 is 14.3 Å². The number of nitrogens with one attached hydrogen (secondary N) is 1. The highest BCUT2D eigenvalue weighted by Crippen LogP contribution is 2.36. The number of hydrogen-bond acceptors (Lipinski definition) is 4. The van der Waals surface area contributed by atoms with Gasteiger partial charge in [0.15, 0.2) is 0 Å². The predicted molar refractivity (Wildman–Crippen MR) is 122 cm³/mol. The first-order valence-corrected chi connectivity index (χ1v) is 11.9. The van der Waals surface area contributed by atoms with Crippen molar-refractivity contribution in [1.82, 2.24) is 4.90 Å². The first-order valence-electron chi connectivity index (χ1n) is 11.9. The summed E-state index contributed by atoms with van der Waals surface area (Å²) in [6, 6.07) is 8.40. The van der Waals surface area contributed by atoms with Crippen molar-refractivity contribution in [2.24, 2.45) is 5.92 Å². The van der Waals surface area contributed by atoms with Gasteiger partial charge in [-0.15, -0.1) is 0 Å². The number of hydrogen-bond donors (Lipinski definition) is 1. The minimum Gasteiger partial charge on any atom is -0.492 e. The number of amides is 1. The largest absolute Gasteiger partial charge is 0.492 e. The molecule has 1 saturated heterocycles. The smallest absolute Gasteiger partial charge is 0.256 e. The van der Waals surface area contributed by atoms with Gasteiger partial charge in [-0.1, -0.05) is 26.7 Å². The fourth-order valence-corrected chi connectivity index (χ4v) is 4.85. The predicted octanol–water partition coefficient (Wildman–Crippen LogP) is 5.25. The Kier molecular flexibility index (Phi) is 8.58. The van der Waals surface area contributed by atoms with E-state index in [4.69, 9.17) is 9.47 Å². The van der Waals surface area contributed by atoms with Crippen LogP contribution in [-0.2, 0) is 9.53 Å². The molecule has 0 aromatic heterocycles. The average Bonchev–Trinajstić information content (AvgIpc) is 2.75. The fourth-order valence-electron chi connectivity index (χ4n) is 4.85. The van der Waals surface area contributed by atoms with Crippen LogP contribution in [0.25, 0.3) is 0 Å². The average molecular weight is 417 g/mol. The number of benzene rings is 1. The molecular weight excluding hydrogens is 376 g/mol. The number of anilines is 1. The van der Waals surface area contributed by atoms with E-state index in [0.29, 0.717) is 25.2 Å². The van der Waals surface area contributed by atoms with Gasteiger partial charge in [0.1, 0.15) is 18.0 Å². The van der Waals surface area contributed by atoms with Gasteiger partial charge in [0.2, 0.25) is 0 Å². The Morgan fingerprint density at radius 3 is 2.63 bits per heavy atom. The SMILES string of the molecule is CCCOC1(C(=O)Nc2ccc(OCCN3CCCCC3C)cc2)CCCC(C)C1. The van der Waals surface area contributed by atoms with Crippen molar-refractivity contribution >= 4 is 11.6 Å². The lowest BCUT2D eigenvalue weighted by Crippen LogP contribution is -2.48. The van der Waals surface area contributed by atoms with E-state index in [1.54, 1.807) is 0 Å². The Morgan fingerprint density at radius 2 is 1.93 bits per heavy atom. The topological polar surface area (TPSA) is 50.8 Å². The summed E-state index contributed by atoms with van der Waals surface area (Å²) < 4.78 is 12.1. The molecule has 168 valence electrons. The van der Waals surface area contributed by atoms with Gasteiger partial charge in [-0.2, -0.15) is 0 Å². The molecule has 1 heterocycles. The molecule has 2 fully saturated rings. The second-order valence-electron chi connectivity index (χ2n) is 9.25. The molecule has 1 aromatic carbocycles. The van der Waals surface area contributed by atoms with E-state index in [9.17, 15) is 4.79 Å². The maximum atomic E-state index is 13.1.